The van der Waals surface area contributed by atoms with Crippen molar-refractivity contribution in [2.24, 2.45) is 40.7 Å². The summed E-state index contributed by atoms with van der Waals surface area (Å²) in [6.45, 7) is 14.7. The van der Waals surface area contributed by atoms with E-state index >= 15 is 0 Å². The first kappa shape index (κ1) is 117. The maximum Gasteiger partial charge on any atom is 0.322 e. The number of H-pyrrole nitrogens is 1. The number of aliphatic hydroxyl groups excluding tert-OH is 3. The lowest BCUT2D eigenvalue weighted by Crippen LogP contribution is -2.63. The highest BCUT2D eigenvalue weighted by molar-refractivity contribution is 7.80. The molecule has 0 radical (unpaired) electrons. The Morgan fingerprint density at radius 1 is 0.431 bits per heavy atom. The Bertz CT molecular complexity index is 4590. The monoisotopic (exact) mass is 1950 g/mol. The number of aromatic amines is 1. The zero-order valence-corrected chi connectivity index (χ0v) is 80.0. The molecule has 19 atom stereocenters. The smallest absolute Gasteiger partial charge is 0.322 e. The number of hydrogen-bond acceptors (Lipinski definition) is 28. The fourth-order valence-corrected chi connectivity index (χ4v) is 14.9. The Labute approximate surface area is 797 Å². The molecule has 1 aromatic heterocycles. The number of thiol groups is 1. The highest BCUT2D eigenvalue weighted by atomic mass is 32.1. The normalized spacial score (nSPS) is 17.2. The zero-order valence-electron chi connectivity index (χ0n) is 79.1. The minimum absolute atomic E-state index is 0.0766. The van der Waals surface area contributed by atoms with E-state index in [2.05, 4.69) is 108 Å². The molecule has 1 aromatic carbocycles. The number of aromatic nitrogens is 1. The van der Waals surface area contributed by atoms with E-state index in [1.54, 1.807) is 72.0 Å². The molecule has 2 aromatic rings. The van der Waals surface area contributed by atoms with Crippen molar-refractivity contribution < 1.29 is 126 Å². The van der Waals surface area contributed by atoms with Crippen LogP contribution in [0.5, 0.6) is 0 Å². The second-order valence-electron chi connectivity index (χ2n) is 35.2. The number of benzene rings is 1. The molecule has 764 valence electrons. The van der Waals surface area contributed by atoms with Crippen LogP contribution in [0.25, 0.3) is 10.9 Å². The number of nitrogens with two attached hydrogens (primary N) is 4. The molecular weight excluding hydrogens is 1820 g/mol. The van der Waals surface area contributed by atoms with Crippen LogP contribution in [0.2, 0.25) is 0 Å². The topological polar surface area (TPSA) is 787 Å². The van der Waals surface area contributed by atoms with Gasteiger partial charge in [-0.2, -0.15) is 12.6 Å². The SMILES string of the molecule is CC(C)C[C@H](NC(=O)[C@H](C)NC(=O)[C@@H](N)CCCCN)C(=O)NCC(=O)N1CCC[C@H]1C(=O)NCC(=O)N[C@@H](C)C(=O)N[C@H](C(=O)N[C@@H](CC(C)C)C(=O)N[C@@H](CCC(N)=O)C(=O)N[C@H](C(=O)N1CCC[C@H]1C(=O)N[C@@H](Cc1c[nH]c2ccccc12)C(=O)N[C@H](C(=O)N[C@@H](C)C(=O)N[C@@H](CS)C(=O)N[C@@H](CCC(N)=O)C(=O)NCC(=O)N[C@H](C(=O)NCC(=O)O)C(C)C)[C@@H](C)O)[C@@H](C)O)[C@@H](C)O. The first-order valence-corrected chi connectivity index (χ1v) is 46.0. The number of aliphatic carboxylic acids is 1. The molecule has 2 aliphatic heterocycles. The van der Waals surface area contributed by atoms with Crippen LogP contribution in [0.4, 0.5) is 0 Å². The molecule has 0 unspecified atom stereocenters. The molecule has 0 spiro atoms. The van der Waals surface area contributed by atoms with Crippen LogP contribution in [0.3, 0.4) is 0 Å². The van der Waals surface area contributed by atoms with Gasteiger partial charge >= 0.3 is 5.97 Å². The predicted molar refractivity (Wildman–Crippen MR) is 494 cm³/mol. The molecule has 2 fully saturated rings. The number of nitrogens with zero attached hydrogens (tertiary/aromatic N) is 2. The third kappa shape index (κ3) is 38.7. The fourth-order valence-electron chi connectivity index (χ4n) is 14.7. The molecule has 2 saturated heterocycles. The van der Waals surface area contributed by atoms with Gasteiger partial charge in [0.1, 0.15) is 97.2 Å². The van der Waals surface area contributed by atoms with Gasteiger partial charge < -0.3 is 149 Å². The number of carbonyl (C=O) groups excluding carboxylic acids is 21. The van der Waals surface area contributed by atoms with Crippen molar-refractivity contribution >= 4 is 154 Å². The number of likely N-dealkylation sites (tertiary alicyclic amines) is 2. The molecule has 30 N–H and O–H groups in total. The number of rotatable bonds is 58. The van der Waals surface area contributed by atoms with E-state index in [-0.39, 0.29) is 57.5 Å². The van der Waals surface area contributed by atoms with Gasteiger partial charge in [0, 0.05) is 55.2 Å². The fraction of sp³-hybridized carbons (Fsp3) is 0.651. The van der Waals surface area contributed by atoms with E-state index in [9.17, 15) is 121 Å². The van der Waals surface area contributed by atoms with Gasteiger partial charge in [-0.25, -0.2) is 0 Å². The first-order valence-electron chi connectivity index (χ1n) is 45.4. The maximum absolute atomic E-state index is 14.8. The second-order valence-corrected chi connectivity index (χ2v) is 35.6. The Hall–Kier alpha value is -12.7. The summed E-state index contributed by atoms with van der Waals surface area (Å²) in [5, 5.41) is 83.8. The largest absolute Gasteiger partial charge is 0.480 e. The number of unbranched alkanes of at least 4 members (excludes halogenated alkanes) is 1. The van der Waals surface area contributed by atoms with E-state index in [0.29, 0.717) is 48.7 Å². The lowest BCUT2D eigenvalue weighted by atomic mass is 10.0. The Morgan fingerprint density at radius 3 is 1.40 bits per heavy atom. The summed E-state index contributed by atoms with van der Waals surface area (Å²) in [5.41, 5.74) is 23.4. The van der Waals surface area contributed by atoms with Crippen molar-refractivity contribution in [1.29, 1.82) is 0 Å². The second kappa shape index (κ2) is 57.3. The van der Waals surface area contributed by atoms with Crippen LogP contribution in [0, 0.1) is 17.8 Å². The molecular formula is C86H138N24O26S. The van der Waals surface area contributed by atoms with E-state index in [4.69, 9.17) is 28.0 Å². The molecule has 3 heterocycles. The highest BCUT2D eigenvalue weighted by Crippen LogP contribution is 2.24. The van der Waals surface area contributed by atoms with E-state index < -0.39 is 314 Å². The van der Waals surface area contributed by atoms with Crippen molar-refractivity contribution in [3.8, 4) is 0 Å². The van der Waals surface area contributed by atoms with Crippen molar-refractivity contribution in [3.63, 3.8) is 0 Å². The van der Waals surface area contributed by atoms with Crippen LogP contribution in [-0.4, -0.2) is 332 Å². The van der Waals surface area contributed by atoms with Crippen LogP contribution in [-0.2, 0) is 112 Å². The summed E-state index contributed by atoms with van der Waals surface area (Å²) in [6, 6.07) is -16.9. The number of amides is 21. The number of carbonyl (C=O) groups is 22. The van der Waals surface area contributed by atoms with Crippen LogP contribution >= 0.6 is 12.6 Å². The van der Waals surface area contributed by atoms with Gasteiger partial charge in [-0.05, 0) is 142 Å². The molecule has 51 heteroatoms. The summed E-state index contributed by atoms with van der Waals surface area (Å²) in [7, 11) is 0. The molecule has 0 saturated carbocycles. The van der Waals surface area contributed by atoms with Crippen molar-refractivity contribution in [1.82, 2.24) is 105 Å². The van der Waals surface area contributed by atoms with Gasteiger partial charge in [-0.3, -0.25) is 105 Å². The number of hydrogen-bond donors (Lipinski definition) is 27. The van der Waals surface area contributed by atoms with Gasteiger partial charge in [0.05, 0.1) is 44.0 Å². The molecule has 0 bridgehead atoms. The number of fused-ring (bicyclic) bond motifs is 1. The number of carboxylic acids is 1. The van der Waals surface area contributed by atoms with Crippen molar-refractivity contribution in [2.75, 3.05) is 51.6 Å². The zero-order chi connectivity index (χ0) is 103. The first-order chi connectivity index (χ1) is 64.3. The molecule has 2 aliphatic rings. The van der Waals surface area contributed by atoms with Gasteiger partial charge in [-0.1, -0.05) is 66.2 Å². The average Bonchev–Trinajstić information content (AvgIpc) is 1.63. The lowest BCUT2D eigenvalue weighted by molar-refractivity contribution is -0.145. The van der Waals surface area contributed by atoms with Crippen LogP contribution in [0.1, 0.15) is 172 Å². The quantitative estimate of drug-likeness (QED) is 0.0216. The minimum Gasteiger partial charge on any atom is -0.480 e. The predicted octanol–water partition coefficient (Wildman–Crippen LogP) is -9.59. The summed E-state index contributed by atoms with van der Waals surface area (Å²) >= 11 is 4.16. The molecule has 21 amide bonds. The number of carboxylic acid groups (broad SMARTS) is 1. The van der Waals surface area contributed by atoms with E-state index in [1.807, 2.05) is 0 Å². The van der Waals surface area contributed by atoms with E-state index in [1.165, 1.54) is 18.7 Å². The molecule has 0 aliphatic carbocycles. The molecule has 50 nitrogen and oxygen atoms in total. The van der Waals surface area contributed by atoms with Gasteiger partial charge in [0.2, 0.25) is 124 Å². The minimum atomic E-state index is -1.92. The van der Waals surface area contributed by atoms with Gasteiger partial charge in [0.15, 0.2) is 0 Å². The maximum atomic E-state index is 14.8. The lowest BCUT2D eigenvalue weighted by Gasteiger charge is -2.32. The standard InChI is InChI=1S/C86H138N24O26S/c1-40(2)31-55(101-71(121)44(8)97-74(124)51(88)20-15-16-28-87)76(126)94-37-65(118)109-29-17-22-59(109)81(131)93-35-63(116)96-43(7)73(123)106-69(47(11)112)85(135)103-56(32-41(3)4)78(128)100-54(25-27-62(90)115)77(127)108-70(48(12)113)86(136)110-30-18-23-60(110)82(132)102-57(33-49-34-91-52-21-14-13-19-50(49)52)79(129)107-68(46(10)111)84(134)98-45(9)72(122)104-58(39-137)80(130)99-53(24-26-61(89)114)75(125)92-36-64(117)105-67(42(5)6)83(133)95-38-66(119)120/h13-14,19,21,34,40-48,51,53-60,67-70,91,111-113,137H,15-18,20,22-33,35-39,87-88H2,1-12H3,(H2,89,114)(H2,90,115)(H,92,125)(H,93,131)(H,94,126)(H,95,133)(H,96,116)(H,97,124)(H,98,134)(H,99,130)(H,100,128)(H,101,121)(H,102,132)(H,103,135)(H,104,122)(H,105,117)(H,106,123)(H,107,129)(H,108,127)(H,119,120)/t43-,44-,45-,46+,47+,48+,51-,53-,54-,55-,56-,57-,58-,59-,60-,67-,68-,69-,70-/m0/s1. The van der Waals surface area contributed by atoms with E-state index in [0.717, 1.165) is 32.6 Å². The van der Waals surface area contributed by atoms with Gasteiger partial charge in [-0.15, -0.1) is 0 Å². The van der Waals surface area contributed by atoms with Crippen molar-refractivity contribution in [2.45, 2.75) is 288 Å². The average molecular weight is 1960 g/mol. The number of nitrogens with one attached hydrogen (secondary N) is 18. The number of para-hydroxylation sites is 1. The summed E-state index contributed by atoms with van der Waals surface area (Å²) < 4.78 is 0. The van der Waals surface area contributed by atoms with Crippen LogP contribution in [0.15, 0.2) is 30.5 Å². The Kier molecular flexibility index (Phi) is 48.8. The number of aliphatic hydroxyl groups is 3. The molecule has 137 heavy (non-hydrogen) atoms. The summed E-state index contributed by atoms with van der Waals surface area (Å²) in [4.78, 5) is 302. The summed E-state index contributed by atoms with van der Waals surface area (Å²) in [6.07, 6.45) is -3.87. The third-order valence-electron chi connectivity index (χ3n) is 22.3. The van der Waals surface area contributed by atoms with Crippen molar-refractivity contribution in [3.05, 3.63) is 36.0 Å². The Morgan fingerprint density at radius 2 is 0.861 bits per heavy atom. The third-order valence-corrected chi connectivity index (χ3v) is 22.6. The highest BCUT2D eigenvalue weighted by Gasteiger charge is 2.44. The molecule has 4 rings (SSSR count). The van der Waals surface area contributed by atoms with Crippen LogP contribution < -0.4 is 113 Å². The Balaban J connectivity index is 1.44. The number of primary amides is 2. The summed E-state index contributed by atoms with van der Waals surface area (Å²) in [5.74, 6) is -22.7. The van der Waals surface area contributed by atoms with Gasteiger partial charge in [0.25, 0.3) is 0 Å².